The molecule has 0 amide bonds. The molecule has 2 aromatic rings. The van der Waals surface area contributed by atoms with Gasteiger partial charge in [-0.2, -0.15) is 5.10 Å². The van der Waals surface area contributed by atoms with Gasteiger partial charge in [0, 0.05) is 11.8 Å². The van der Waals surface area contributed by atoms with Crippen LogP contribution in [0.15, 0.2) is 18.3 Å². The minimum Gasteiger partial charge on any atom is -0.323 e. The molecule has 0 aliphatic rings. The van der Waals surface area contributed by atoms with E-state index in [0.717, 1.165) is 30.3 Å². The van der Waals surface area contributed by atoms with Crippen molar-refractivity contribution in [3.05, 3.63) is 29.7 Å². The SMILES string of the molecule is CCCc1cc(C(SC)P(=O)(O)O)n2nccc2n1. The monoisotopic (exact) mass is 301 g/mol. The van der Waals surface area contributed by atoms with E-state index in [2.05, 4.69) is 10.1 Å². The summed E-state index contributed by atoms with van der Waals surface area (Å²) in [6.07, 6.45) is 4.96. The summed E-state index contributed by atoms with van der Waals surface area (Å²) >= 11 is 1.12. The minimum atomic E-state index is -4.24. The zero-order valence-electron chi connectivity index (χ0n) is 10.7. The van der Waals surface area contributed by atoms with Crippen LogP contribution in [0.4, 0.5) is 0 Å². The van der Waals surface area contributed by atoms with Crippen molar-refractivity contribution in [3.8, 4) is 0 Å². The summed E-state index contributed by atoms with van der Waals surface area (Å²) in [5.74, 6) is 0. The van der Waals surface area contributed by atoms with Crippen molar-refractivity contribution in [2.45, 2.75) is 24.8 Å². The van der Waals surface area contributed by atoms with E-state index >= 15 is 0 Å². The van der Waals surface area contributed by atoms with Crippen molar-refractivity contribution in [2.75, 3.05) is 6.26 Å². The molecule has 2 aromatic heterocycles. The van der Waals surface area contributed by atoms with Gasteiger partial charge >= 0.3 is 7.60 Å². The van der Waals surface area contributed by atoms with E-state index in [1.165, 1.54) is 4.52 Å². The van der Waals surface area contributed by atoms with Crippen LogP contribution >= 0.6 is 19.4 Å². The number of hydrogen-bond acceptors (Lipinski definition) is 4. The topological polar surface area (TPSA) is 87.7 Å². The highest BCUT2D eigenvalue weighted by atomic mass is 32.2. The average molecular weight is 301 g/mol. The van der Waals surface area contributed by atoms with Crippen LogP contribution in [0, 0.1) is 0 Å². The molecule has 104 valence electrons. The summed E-state index contributed by atoms with van der Waals surface area (Å²) in [4.78, 5) is 22.5. The lowest BCUT2D eigenvalue weighted by atomic mass is 10.2. The van der Waals surface area contributed by atoms with Gasteiger partial charge in [-0.25, -0.2) is 9.50 Å². The zero-order chi connectivity index (χ0) is 14.0. The van der Waals surface area contributed by atoms with E-state index in [-0.39, 0.29) is 0 Å². The lowest BCUT2D eigenvalue weighted by Gasteiger charge is -2.18. The molecule has 0 aliphatic heterocycles. The Morgan fingerprint density at radius 1 is 1.53 bits per heavy atom. The minimum absolute atomic E-state index is 0.499. The van der Waals surface area contributed by atoms with Gasteiger partial charge in [0.25, 0.3) is 0 Å². The highest BCUT2D eigenvalue weighted by Crippen LogP contribution is 2.57. The predicted molar refractivity (Wildman–Crippen MR) is 75.3 cm³/mol. The molecule has 1 unspecified atom stereocenters. The molecule has 2 heterocycles. The Balaban J connectivity index is 2.62. The Morgan fingerprint density at radius 2 is 2.26 bits per heavy atom. The summed E-state index contributed by atoms with van der Waals surface area (Å²) in [6, 6.07) is 3.48. The number of nitrogens with zero attached hydrogens (tertiary/aromatic N) is 3. The standard InChI is InChI=1S/C11H16N3O3PS/c1-3-4-8-7-9(11(19-2)18(15,16)17)14-10(13-8)5-6-12-14/h5-7,11H,3-4H2,1-2H3,(H2,15,16,17). The maximum atomic E-state index is 11.6. The molecule has 6 nitrogen and oxygen atoms in total. The molecule has 0 aromatic carbocycles. The molecule has 19 heavy (non-hydrogen) atoms. The molecule has 2 rings (SSSR count). The van der Waals surface area contributed by atoms with E-state index < -0.39 is 12.6 Å². The van der Waals surface area contributed by atoms with Crippen LogP contribution in [0.1, 0.15) is 29.7 Å². The first-order valence-corrected chi connectivity index (χ1v) is 8.86. The Hall–Kier alpha value is -0.880. The van der Waals surface area contributed by atoms with Crippen LogP contribution in [0.5, 0.6) is 0 Å². The lowest BCUT2D eigenvalue weighted by molar-refractivity contribution is 0.369. The van der Waals surface area contributed by atoms with Crippen LogP contribution in [0.25, 0.3) is 5.65 Å². The average Bonchev–Trinajstić information content (AvgIpc) is 2.76. The van der Waals surface area contributed by atoms with Gasteiger partial charge in [-0.15, -0.1) is 11.8 Å². The van der Waals surface area contributed by atoms with Crippen molar-refractivity contribution in [2.24, 2.45) is 0 Å². The maximum Gasteiger partial charge on any atom is 0.344 e. The Morgan fingerprint density at radius 3 is 2.84 bits per heavy atom. The summed E-state index contributed by atoms with van der Waals surface area (Å²) in [6.45, 7) is 2.04. The number of fused-ring (bicyclic) bond motifs is 1. The van der Waals surface area contributed by atoms with Crippen molar-refractivity contribution in [1.82, 2.24) is 14.6 Å². The fourth-order valence-corrected chi connectivity index (χ4v) is 4.02. The van der Waals surface area contributed by atoms with E-state index in [4.69, 9.17) is 0 Å². The molecule has 0 bridgehead atoms. The number of thioether (sulfide) groups is 1. The Kier molecular flexibility index (Phi) is 4.30. The second kappa shape index (κ2) is 5.63. The third-order valence-electron chi connectivity index (χ3n) is 2.73. The van der Waals surface area contributed by atoms with Gasteiger partial charge in [-0.05, 0) is 18.7 Å². The van der Waals surface area contributed by atoms with Gasteiger partial charge in [0.15, 0.2) is 5.65 Å². The molecule has 0 radical (unpaired) electrons. The molecular formula is C11H16N3O3PS. The van der Waals surface area contributed by atoms with Crippen molar-refractivity contribution in [1.29, 1.82) is 0 Å². The van der Waals surface area contributed by atoms with Crippen molar-refractivity contribution >= 4 is 25.0 Å². The number of hydrogen-bond donors (Lipinski definition) is 2. The molecular weight excluding hydrogens is 285 g/mol. The van der Waals surface area contributed by atoms with E-state index in [9.17, 15) is 14.4 Å². The third-order valence-corrected chi connectivity index (χ3v) is 5.75. The van der Waals surface area contributed by atoms with E-state index in [1.807, 2.05) is 6.92 Å². The number of aromatic nitrogens is 3. The second-order valence-electron chi connectivity index (χ2n) is 4.20. The largest absolute Gasteiger partial charge is 0.344 e. The smallest absolute Gasteiger partial charge is 0.323 e. The first-order valence-electron chi connectivity index (χ1n) is 5.89. The number of aryl methyl sites for hydroxylation is 1. The molecule has 0 aliphatic carbocycles. The van der Waals surface area contributed by atoms with Gasteiger partial charge < -0.3 is 9.79 Å². The fraction of sp³-hybridized carbons (Fsp3) is 0.455. The van der Waals surface area contributed by atoms with Crippen molar-refractivity contribution < 1.29 is 14.4 Å². The summed E-state index contributed by atoms with van der Waals surface area (Å²) in [7, 11) is -4.24. The van der Waals surface area contributed by atoms with Crippen LogP contribution in [-0.2, 0) is 11.0 Å². The molecule has 0 saturated carbocycles. The molecule has 2 N–H and O–H groups in total. The van der Waals surface area contributed by atoms with E-state index in [0.29, 0.717) is 11.3 Å². The van der Waals surface area contributed by atoms with Gasteiger partial charge in [-0.1, -0.05) is 13.3 Å². The van der Waals surface area contributed by atoms with Gasteiger partial charge in [0.05, 0.1) is 11.9 Å². The maximum absolute atomic E-state index is 11.6. The predicted octanol–water partition coefficient (Wildman–Crippen LogP) is 2.22. The van der Waals surface area contributed by atoms with Gasteiger partial charge in [0.1, 0.15) is 4.99 Å². The quantitative estimate of drug-likeness (QED) is 0.823. The molecule has 0 spiro atoms. The Bertz CT molecular complexity index is 625. The fourth-order valence-electron chi connectivity index (χ4n) is 1.98. The van der Waals surface area contributed by atoms with E-state index in [1.54, 1.807) is 24.6 Å². The second-order valence-corrected chi connectivity index (χ2v) is 7.19. The highest BCUT2D eigenvalue weighted by Gasteiger charge is 2.32. The molecule has 8 heteroatoms. The summed E-state index contributed by atoms with van der Waals surface area (Å²) < 4.78 is 13.1. The highest BCUT2D eigenvalue weighted by molar-refractivity contribution is 8.04. The number of rotatable bonds is 5. The summed E-state index contributed by atoms with van der Waals surface area (Å²) in [5, 5.41) is 4.10. The van der Waals surface area contributed by atoms with Crippen molar-refractivity contribution in [3.63, 3.8) is 0 Å². The van der Waals surface area contributed by atoms with Crippen LogP contribution in [-0.4, -0.2) is 30.6 Å². The summed E-state index contributed by atoms with van der Waals surface area (Å²) in [5.41, 5.74) is 1.95. The van der Waals surface area contributed by atoms with Gasteiger partial charge in [0.2, 0.25) is 0 Å². The normalized spacial score (nSPS) is 13.9. The molecule has 0 fully saturated rings. The first kappa shape index (κ1) is 14.5. The lowest BCUT2D eigenvalue weighted by Crippen LogP contribution is -2.07. The molecule has 1 atom stereocenters. The zero-order valence-corrected chi connectivity index (χ0v) is 12.4. The third kappa shape index (κ3) is 3.00. The Labute approximate surface area is 115 Å². The van der Waals surface area contributed by atoms with Crippen LogP contribution < -0.4 is 0 Å². The van der Waals surface area contributed by atoms with Gasteiger partial charge in [-0.3, -0.25) is 4.57 Å². The van der Waals surface area contributed by atoms with Crippen LogP contribution in [0.2, 0.25) is 0 Å². The first-order chi connectivity index (χ1) is 8.97. The molecule has 0 saturated heterocycles. The van der Waals surface area contributed by atoms with Crippen LogP contribution in [0.3, 0.4) is 0 Å².